The second kappa shape index (κ2) is 6.67. The van der Waals surface area contributed by atoms with Crippen molar-refractivity contribution >= 4 is 17.5 Å². The predicted molar refractivity (Wildman–Crippen MR) is 87.4 cm³/mol. The van der Waals surface area contributed by atoms with Gasteiger partial charge < -0.3 is 10.2 Å². The van der Waals surface area contributed by atoms with Gasteiger partial charge in [-0.15, -0.1) is 0 Å². The van der Waals surface area contributed by atoms with E-state index in [4.69, 9.17) is 0 Å². The van der Waals surface area contributed by atoms with Gasteiger partial charge >= 0.3 is 6.18 Å². The van der Waals surface area contributed by atoms with Gasteiger partial charge in [-0.1, -0.05) is 13.0 Å². The van der Waals surface area contributed by atoms with E-state index in [0.717, 1.165) is 43.9 Å². The monoisotopic (exact) mass is 336 g/mol. The molecule has 1 N–H and O–H groups in total. The summed E-state index contributed by atoms with van der Waals surface area (Å²) in [5.41, 5.74) is -0.386. The molecule has 1 aliphatic heterocycles. The first-order valence-corrected chi connectivity index (χ1v) is 7.94. The Hall–Kier alpha value is -2.31. The molecule has 0 unspecified atom stereocenters. The van der Waals surface area contributed by atoms with E-state index in [-0.39, 0.29) is 0 Å². The summed E-state index contributed by atoms with van der Waals surface area (Å²) in [5.74, 6) is 1.81. The van der Waals surface area contributed by atoms with Crippen LogP contribution in [0, 0.1) is 5.92 Å². The maximum absolute atomic E-state index is 12.8. The van der Waals surface area contributed by atoms with E-state index < -0.39 is 11.7 Å². The molecular weight excluding hydrogens is 317 g/mol. The Morgan fingerprint density at radius 2 is 1.92 bits per heavy atom. The van der Waals surface area contributed by atoms with Gasteiger partial charge in [-0.2, -0.15) is 18.2 Å². The molecule has 3 rings (SSSR count). The lowest BCUT2D eigenvalue weighted by molar-refractivity contribution is -0.137. The van der Waals surface area contributed by atoms with E-state index in [2.05, 4.69) is 27.1 Å². The Balaban J connectivity index is 1.75. The third-order valence-electron chi connectivity index (χ3n) is 4.19. The van der Waals surface area contributed by atoms with Crippen LogP contribution in [0.15, 0.2) is 36.5 Å². The summed E-state index contributed by atoms with van der Waals surface area (Å²) in [4.78, 5) is 10.7. The molecule has 0 spiro atoms. The minimum atomic E-state index is -4.37. The van der Waals surface area contributed by atoms with Crippen LogP contribution in [0.3, 0.4) is 0 Å². The van der Waals surface area contributed by atoms with Crippen molar-refractivity contribution in [3.8, 4) is 0 Å². The Kier molecular flexibility index (Phi) is 4.59. The first-order chi connectivity index (χ1) is 11.4. The summed E-state index contributed by atoms with van der Waals surface area (Å²) in [5, 5.41) is 2.86. The highest BCUT2D eigenvalue weighted by molar-refractivity contribution is 5.56. The zero-order valence-electron chi connectivity index (χ0n) is 13.3. The summed E-state index contributed by atoms with van der Waals surface area (Å²) in [6.45, 7) is 4.10. The van der Waals surface area contributed by atoms with Gasteiger partial charge in [0.15, 0.2) is 0 Å². The van der Waals surface area contributed by atoms with Gasteiger partial charge in [0.25, 0.3) is 0 Å². The first kappa shape index (κ1) is 16.5. The number of hydrogen-bond acceptors (Lipinski definition) is 4. The number of piperidine rings is 1. The number of rotatable bonds is 3. The lowest BCUT2D eigenvalue weighted by atomic mass is 9.99. The van der Waals surface area contributed by atoms with Crippen LogP contribution in [0.4, 0.5) is 30.6 Å². The molecule has 1 aliphatic rings. The zero-order chi connectivity index (χ0) is 17.2. The Labute approximate surface area is 138 Å². The van der Waals surface area contributed by atoms with Crippen LogP contribution in [0.2, 0.25) is 0 Å². The van der Waals surface area contributed by atoms with Crippen molar-refractivity contribution in [2.45, 2.75) is 25.9 Å². The molecule has 2 aromatic rings. The third-order valence-corrected chi connectivity index (χ3v) is 4.19. The fourth-order valence-corrected chi connectivity index (χ4v) is 2.73. The molecule has 0 radical (unpaired) electrons. The molecule has 24 heavy (non-hydrogen) atoms. The summed E-state index contributed by atoms with van der Waals surface area (Å²) in [7, 11) is 0. The minimum absolute atomic E-state index is 0.297. The van der Waals surface area contributed by atoms with E-state index in [1.54, 1.807) is 12.3 Å². The number of aromatic nitrogens is 2. The maximum atomic E-state index is 12.8. The van der Waals surface area contributed by atoms with Crippen LogP contribution >= 0.6 is 0 Å². The van der Waals surface area contributed by atoms with Gasteiger partial charge in [-0.25, -0.2) is 4.98 Å². The van der Waals surface area contributed by atoms with Crippen LogP contribution in [0.1, 0.15) is 25.3 Å². The number of benzene rings is 1. The van der Waals surface area contributed by atoms with E-state index in [1.165, 1.54) is 6.07 Å². The van der Waals surface area contributed by atoms with Crippen molar-refractivity contribution < 1.29 is 13.2 Å². The van der Waals surface area contributed by atoms with Crippen LogP contribution in [-0.2, 0) is 6.18 Å². The largest absolute Gasteiger partial charge is 0.416 e. The second-order valence-electron chi connectivity index (χ2n) is 6.11. The molecule has 2 heterocycles. The van der Waals surface area contributed by atoms with Gasteiger partial charge in [-0.3, -0.25) is 0 Å². The fraction of sp³-hybridized carbons (Fsp3) is 0.412. The van der Waals surface area contributed by atoms with Crippen LogP contribution in [0.25, 0.3) is 0 Å². The number of hydrogen-bond donors (Lipinski definition) is 1. The van der Waals surface area contributed by atoms with E-state index in [0.29, 0.717) is 17.6 Å². The molecule has 128 valence electrons. The van der Waals surface area contributed by atoms with E-state index in [1.807, 2.05) is 6.07 Å². The van der Waals surface area contributed by atoms with Crippen LogP contribution in [-0.4, -0.2) is 23.1 Å². The second-order valence-corrected chi connectivity index (χ2v) is 6.11. The maximum Gasteiger partial charge on any atom is 0.416 e. The van der Waals surface area contributed by atoms with Crippen LogP contribution < -0.4 is 10.2 Å². The molecule has 1 fully saturated rings. The summed E-state index contributed by atoms with van der Waals surface area (Å²) in [6, 6.07) is 6.85. The first-order valence-electron chi connectivity index (χ1n) is 7.94. The molecule has 0 amide bonds. The highest BCUT2D eigenvalue weighted by Crippen LogP contribution is 2.31. The van der Waals surface area contributed by atoms with Crippen molar-refractivity contribution in [3.63, 3.8) is 0 Å². The molecule has 0 bridgehead atoms. The summed E-state index contributed by atoms with van der Waals surface area (Å²) < 4.78 is 38.3. The quantitative estimate of drug-likeness (QED) is 0.897. The van der Waals surface area contributed by atoms with Crippen molar-refractivity contribution in [1.29, 1.82) is 0 Å². The summed E-state index contributed by atoms with van der Waals surface area (Å²) in [6.07, 6.45) is -0.526. The fourth-order valence-electron chi connectivity index (χ4n) is 2.73. The molecule has 1 saturated heterocycles. The van der Waals surface area contributed by atoms with Gasteiger partial charge in [-0.05, 0) is 43.0 Å². The van der Waals surface area contributed by atoms with Gasteiger partial charge in [0.05, 0.1) is 5.56 Å². The number of halogens is 3. The number of nitrogens with one attached hydrogen (secondary N) is 1. The Morgan fingerprint density at radius 1 is 1.17 bits per heavy atom. The number of anilines is 3. The molecular formula is C17H19F3N4. The van der Waals surface area contributed by atoms with Gasteiger partial charge in [0.2, 0.25) is 5.95 Å². The third kappa shape index (κ3) is 3.96. The predicted octanol–water partition coefficient (Wildman–Crippen LogP) is 4.48. The zero-order valence-corrected chi connectivity index (χ0v) is 13.3. The highest BCUT2D eigenvalue weighted by atomic mass is 19.4. The highest BCUT2D eigenvalue weighted by Gasteiger charge is 2.30. The lowest BCUT2D eigenvalue weighted by Gasteiger charge is -2.31. The Bertz CT molecular complexity index is 694. The van der Waals surface area contributed by atoms with Crippen molar-refractivity contribution in [3.05, 3.63) is 42.1 Å². The Morgan fingerprint density at radius 3 is 2.62 bits per heavy atom. The normalized spacial score (nSPS) is 16.2. The standard InChI is InChI=1S/C17H19F3N4/c1-12-6-9-24(10-7-12)15-5-8-21-16(23-15)22-14-4-2-3-13(11-14)17(18,19)20/h2-5,8,11-12H,6-7,9-10H2,1H3,(H,21,22,23). The SMILES string of the molecule is CC1CCN(c2ccnc(Nc3cccc(C(F)(F)F)c3)n2)CC1. The van der Waals surface area contributed by atoms with Crippen LogP contribution in [0.5, 0.6) is 0 Å². The molecule has 0 atom stereocenters. The summed E-state index contributed by atoms with van der Waals surface area (Å²) >= 11 is 0. The van der Waals surface area contributed by atoms with Crippen molar-refractivity contribution in [2.24, 2.45) is 5.92 Å². The minimum Gasteiger partial charge on any atom is -0.356 e. The van der Waals surface area contributed by atoms with E-state index in [9.17, 15) is 13.2 Å². The average Bonchev–Trinajstić information content (AvgIpc) is 2.55. The molecule has 1 aromatic heterocycles. The molecule has 4 nitrogen and oxygen atoms in total. The lowest BCUT2D eigenvalue weighted by Crippen LogP contribution is -2.33. The van der Waals surface area contributed by atoms with Crippen molar-refractivity contribution in [1.82, 2.24) is 9.97 Å². The number of alkyl halides is 3. The topological polar surface area (TPSA) is 41.1 Å². The average molecular weight is 336 g/mol. The molecule has 7 heteroatoms. The molecule has 0 aliphatic carbocycles. The number of nitrogens with zero attached hydrogens (tertiary/aromatic N) is 3. The van der Waals surface area contributed by atoms with Gasteiger partial charge in [0.1, 0.15) is 5.82 Å². The molecule has 0 saturated carbocycles. The van der Waals surface area contributed by atoms with E-state index >= 15 is 0 Å². The molecule has 1 aromatic carbocycles. The smallest absolute Gasteiger partial charge is 0.356 e. The van der Waals surface area contributed by atoms with Crippen molar-refractivity contribution in [2.75, 3.05) is 23.3 Å². The van der Waals surface area contributed by atoms with Gasteiger partial charge in [0, 0.05) is 25.0 Å².